The Bertz CT molecular complexity index is 633. The van der Waals surface area contributed by atoms with Gasteiger partial charge < -0.3 is 14.8 Å². The fourth-order valence-corrected chi connectivity index (χ4v) is 3.24. The molecule has 0 aromatic heterocycles. The summed E-state index contributed by atoms with van der Waals surface area (Å²) in [7, 11) is 0. The third kappa shape index (κ3) is 3.41. The smallest absolute Gasteiger partial charge is 0.151 e. The molecule has 0 spiro atoms. The van der Waals surface area contributed by atoms with Gasteiger partial charge in [0.05, 0.1) is 6.61 Å². The summed E-state index contributed by atoms with van der Waals surface area (Å²) in [6, 6.07) is 18.9. The van der Waals surface area contributed by atoms with Crippen molar-refractivity contribution in [3.63, 3.8) is 0 Å². The van der Waals surface area contributed by atoms with Crippen molar-refractivity contribution < 1.29 is 9.47 Å². The lowest BCUT2D eigenvalue weighted by atomic mass is 10.0. The lowest BCUT2D eigenvalue weighted by Crippen LogP contribution is -2.43. The number of benzene rings is 2. The summed E-state index contributed by atoms with van der Waals surface area (Å²) >= 11 is 0. The summed E-state index contributed by atoms with van der Waals surface area (Å²) in [6.45, 7) is 2.48. The van der Waals surface area contributed by atoms with Gasteiger partial charge in [-0.2, -0.15) is 0 Å². The Kier molecular flexibility index (Phi) is 4.31. The molecule has 23 heavy (non-hydrogen) atoms. The highest BCUT2D eigenvalue weighted by atomic mass is 16.5. The Morgan fingerprint density at radius 2 is 1.78 bits per heavy atom. The number of para-hydroxylation sites is 1. The number of ether oxygens (including phenoxy) is 2. The van der Waals surface area contributed by atoms with Gasteiger partial charge >= 0.3 is 0 Å². The summed E-state index contributed by atoms with van der Waals surface area (Å²) in [4.78, 5) is 0. The molecule has 0 bridgehead atoms. The maximum atomic E-state index is 6.51. The first-order chi connectivity index (χ1) is 11.4. The van der Waals surface area contributed by atoms with Crippen molar-refractivity contribution in [1.82, 2.24) is 5.32 Å². The zero-order valence-corrected chi connectivity index (χ0v) is 13.3. The Morgan fingerprint density at radius 1 is 1.00 bits per heavy atom. The van der Waals surface area contributed by atoms with E-state index < -0.39 is 0 Å². The van der Waals surface area contributed by atoms with Crippen LogP contribution in [0.25, 0.3) is 0 Å². The molecule has 2 aromatic carbocycles. The van der Waals surface area contributed by atoms with Crippen molar-refractivity contribution in [1.29, 1.82) is 0 Å². The van der Waals surface area contributed by atoms with E-state index in [9.17, 15) is 0 Å². The van der Waals surface area contributed by atoms with E-state index in [4.69, 9.17) is 9.47 Å². The Balaban J connectivity index is 1.63. The molecule has 120 valence electrons. The van der Waals surface area contributed by atoms with Crippen LogP contribution in [0.15, 0.2) is 54.6 Å². The van der Waals surface area contributed by atoms with Gasteiger partial charge in [-0.1, -0.05) is 48.5 Å². The average Bonchev–Trinajstić information content (AvgIpc) is 3.46. The van der Waals surface area contributed by atoms with Crippen molar-refractivity contribution in [2.45, 2.75) is 31.0 Å². The van der Waals surface area contributed by atoms with Crippen molar-refractivity contribution in [2.75, 3.05) is 19.7 Å². The van der Waals surface area contributed by atoms with Crippen molar-refractivity contribution >= 4 is 0 Å². The molecule has 3 nitrogen and oxygen atoms in total. The molecule has 1 saturated heterocycles. The summed E-state index contributed by atoms with van der Waals surface area (Å²) in [6.07, 6.45) is 2.51. The normalized spacial score (nSPS) is 22.5. The first kappa shape index (κ1) is 14.7. The van der Waals surface area contributed by atoms with Gasteiger partial charge in [0.15, 0.2) is 6.10 Å². The van der Waals surface area contributed by atoms with Crippen LogP contribution in [0, 0.1) is 0 Å². The number of hydrogen-bond acceptors (Lipinski definition) is 3. The molecule has 1 unspecified atom stereocenters. The lowest BCUT2D eigenvalue weighted by molar-refractivity contribution is -0.0435. The minimum Gasteiger partial charge on any atom is -0.483 e. The first-order valence-electron chi connectivity index (χ1n) is 8.54. The maximum Gasteiger partial charge on any atom is 0.151 e. The van der Waals surface area contributed by atoms with Gasteiger partial charge in [0.25, 0.3) is 0 Å². The maximum absolute atomic E-state index is 6.51. The lowest BCUT2D eigenvalue weighted by Gasteiger charge is -2.32. The Hall–Kier alpha value is -1.84. The van der Waals surface area contributed by atoms with Crippen LogP contribution in [-0.2, 0) is 4.74 Å². The van der Waals surface area contributed by atoms with Gasteiger partial charge in [0.2, 0.25) is 0 Å². The quantitative estimate of drug-likeness (QED) is 0.914. The van der Waals surface area contributed by atoms with E-state index in [1.807, 2.05) is 6.07 Å². The van der Waals surface area contributed by atoms with Gasteiger partial charge in [0, 0.05) is 13.1 Å². The summed E-state index contributed by atoms with van der Waals surface area (Å²) in [5.41, 5.74) is 2.52. The first-order valence-corrected chi connectivity index (χ1v) is 8.54. The van der Waals surface area contributed by atoms with Crippen LogP contribution >= 0.6 is 0 Å². The van der Waals surface area contributed by atoms with E-state index in [1.54, 1.807) is 0 Å². The van der Waals surface area contributed by atoms with E-state index in [0.717, 1.165) is 25.4 Å². The monoisotopic (exact) mass is 309 g/mol. The van der Waals surface area contributed by atoms with Crippen LogP contribution < -0.4 is 10.1 Å². The van der Waals surface area contributed by atoms with Crippen molar-refractivity contribution in [2.24, 2.45) is 0 Å². The number of hydrogen-bond donors (Lipinski definition) is 1. The molecule has 1 aliphatic carbocycles. The predicted octanol–water partition coefficient (Wildman–Crippen LogP) is 3.67. The number of morpholine rings is 1. The number of rotatable bonds is 5. The molecular formula is C20H23NO2. The van der Waals surface area contributed by atoms with E-state index in [-0.39, 0.29) is 12.2 Å². The molecule has 1 heterocycles. The minimum absolute atomic E-state index is 0.0402. The van der Waals surface area contributed by atoms with Crippen molar-refractivity contribution in [3.8, 4) is 5.75 Å². The highest BCUT2D eigenvalue weighted by Crippen LogP contribution is 2.45. The zero-order valence-electron chi connectivity index (χ0n) is 13.3. The van der Waals surface area contributed by atoms with Crippen molar-refractivity contribution in [3.05, 3.63) is 65.7 Å². The average molecular weight is 309 g/mol. The minimum atomic E-state index is -0.0797. The summed E-state index contributed by atoms with van der Waals surface area (Å²) < 4.78 is 12.5. The molecule has 2 aromatic rings. The van der Waals surface area contributed by atoms with Gasteiger partial charge in [-0.25, -0.2) is 0 Å². The summed E-state index contributed by atoms with van der Waals surface area (Å²) in [5, 5.41) is 3.42. The standard InChI is InChI=1S/C20H23NO2/c1-2-6-16(7-3-1)20(19-14-21-12-13-22-19)23-18-9-5-4-8-17(18)15-10-11-15/h1-9,15,19-21H,10-14H2/t19?,20-/m0/s1. The van der Waals surface area contributed by atoms with Crippen LogP contribution in [0.4, 0.5) is 0 Å². The molecule has 3 heteroatoms. The molecular weight excluding hydrogens is 286 g/mol. The second kappa shape index (κ2) is 6.73. The molecule has 1 aliphatic heterocycles. The number of nitrogens with one attached hydrogen (secondary N) is 1. The van der Waals surface area contributed by atoms with Crippen LogP contribution in [-0.4, -0.2) is 25.8 Å². The van der Waals surface area contributed by atoms with E-state index >= 15 is 0 Å². The Labute approximate surface area is 137 Å². The highest BCUT2D eigenvalue weighted by Gasteiger charge is 2.31. The molecule has 0 amide bonds. The third-order valence-electron chi connectivity index (χ3n) is 4.61. The second-order valence-electron chi connectivity index (χ2n) is 6.37. The topological polar surface area (TPSA) is 30.5 Å². The fourth-order valence-electron chi connectivity index (χ4n) is 3.24. The van der Waals surface area contributed by atoms with Gasteiger partial charge in [-0.3, -0.25) is 0 Å². The van der Waals surface area contributed by atoms with Gasteiger partial charge in [-0.15, -0.1) is 0 Å². The largest absolute Gasteiger partial charge is 0.483 e. The molecule has 1 saturated carbocycles. The molecule has 2 atom stereocenters. The molecule has 2 fully saturated rings. The van der Waals surface area contributed by atoms with Gasteiger partial charge in [-0.05, 0) is 36.0 Å². The van der Waals surface area contributed by atoms with E-state index in [2.05, 4.69) is 53.8 Å². The Morgan fingerprint density at radius 3 is 2.52 bits per heavy atom. The van der Waals surface area contributed by atoms with Crippen LogP contribution in [0.2, 0.25) is 0 Å². The van der Waals surface area contributed by atoms with E-state index in [1.165, 1.54) is 24.0 Å². The molecule has 1 N–H and O–H groups in total. The molecule has 0 radical (unpaired) electrons. The van der Waals surface area contributed by atoms with E-state index in [0.29, 0.717) is 5.92 Å². The van der Waals surface area contributed by atoms with Crippen LogP contribution in [0.3, 0.4) is 0 Å². The zero-order chi connectivity index (χ0) is 15.5. The highest BCUT2D eigenvalue weighted by molar-refractivity contribution is 5.39. The fraction of sp³-hybridized carbons (Fsp3) is 0.400. The van der Waals surface area contributed by atoms with Gasteiger partial charge in [0.1, 0.15) is 11.9 Å². The SMILES string of the molecule is c1ccc([C@H](Oc2ccccc2C2CC2)C2CNCCO2)cc1. The molecule has 4 rings (SSSR count). The second-order valence-corrected chi connectivity index (χ2v) is 6.37. The molecule has 2 aliphatic rings. The summed E-state index contributed by atoms with van der Waals surface area (Å²) in [5.74, 6) is 1.69. The van der Waals surface area contributed by atoms with Crippen LogP contribution in [0.5, 0.6) is 5.75 Å². The predicted molar refractivity (Wildman–Crippen MR) is 90.8 cm³/mol. The third-order valence-corrected chi connectivity index (χ3v) is 4.61. The van der Waals surface area contributed by atoms with Crippen LogP contribution in [0.1, 0.15) is 36.0 Å².